The zero-order chi connectivity index (χ0) is 16.8. The van der Waals surface area contributed by atoms with Crippen molar-refractivity contribution >= 4 is 17.5 Å². The van der Waals surface area contributed by atoms with Gasteiger partial charge in [-0.2, -0.15) is 0 Å². The number of nitrogens with one attached hydrogen (secondary N) is 3. The number of morpholine rings is 1. The van der Waals surface area contributed by atoms with E-state index < -0.39 is 0 Å². The van der Waals surface area contributed by atoms with Crippen LogP contribution in [0, 0.1) is 6.92 Å². The minimum atomic E-state index is -0.0982. The van der Waals surface area contributed by atoms with Crippen LogP contribution in [0.5, 0.6) is 0 Å². The van der Waals surface area contributed by atoms with Gasteiger partial charge in [0.2, 0.25) is 5.91 Å². The summed E-state index contributed by atoms with van der Waals surface area (Å²) in [6, 6.07) is 5.46. The fourth-order valence-electron chi connectivity index (χ4n) is 2.52. The van der Waals surface area contributed by atoms with Crippen molar-refractivity contribution < 1.29 is 14.3 Å². The number of benzene rings is 1. The molecule has 1 unspecified atom stereocenters. The van der Waals surface area contributed by atoms with E-state index in [0.29, 0.717) is 30.9 Å². The van der Waals surface area contributed by atoms with Crippen molar-refractivity contribution in [1.29, 1.82) is 0 Å². The molecule has 6 nitrogen and oxygen atoms in total. The van der Waals surface area contributed by atoms with Crippen molar-refractivity contribution in [3.63, 3.8) is 0 Å². The third kappa shape index (κ3) is 5.33. The quantitative estimate of drug-likeness (QED) is 0.767. The topological polar surface area (TPSA) is 79.5 Å². The van der Waals surface area contributed by atoms with Crippen molar-refractivity contribution in [2.75, 3.05) is 25.1 Å². The molecule has 3 N–H and O–H groups in total. The first-order chi connectivity index (χ1) is 11.0. The molecule has 6 heteroatoms. The van der Waals surface area contributed by atoms with E-state index in [-0.39, 0.29) is 23.9 Å². The summed E-state index contributed by atoms with van der Waals surface area (Å²) in [4.78, 5) is 24.1. The molecule has 1 heterocycles. The lowest BCUT2D eigenvalue weighted by molar-refractivity contribution is -0.117. The fraction of sp³-hybridized carbons (Fsp3) is 0.529. The van der Waals surface area contributed by atoms with Crippen LogP contribution in [-0.2, 0) is 9.53 Å². The minimum absolute atomic E-state index is 0.0564. The molecule has 0 saturated carbocycles. The Labute approximate surface area is 137 Å². The second kappa shape index (κ2) is 8.08. The summed E-state index contributed by atoms with van der Waals surface area (Å²) in [6.07, 6.45) is 0.370. The van der Waals surface area contributed by atoms with Gasteiger partial charge in [0.1, 0.15) is 0 Å². The molecule has 2 rings (SSSR count). The molecule has 1 aromatic carbocycles. The summed E-state index contributed by atoms with van der Waals surface area (Å²) < 4.78 is 5.34. The van der Waals surface area contributed by atoms with Crippen LogP contribution in [-0.4, -0.2) is 43.7 Å². The maximum atomic E-state index is 12.1. The average molecular weight is 319 g/mol. The molecular formula is C17H25N3O3. The SMILES string of the molecule is Cc1cc(NC(=O)CC2COCCN2)ccc1C(=O)NC(C)C. The first kappa shape index (κ1) is 17.4. The van der Waals surface area contributed by atoms with Gasteiger partial charge in [0.15, 0.2) is 0 Å². The van der Waals surface area contributed by atoms with Crippen molar-refractivity contribution in [3.8, 4) is 0 Å². The molecule has 1 aromatic rings. The van der Waals surface area contributed by atoms with E-state index in [1.54, 1.807) is 12.1 Å². The Morgan fingerprint density at radius 2 is 2.17 bits per heavy atom. The van der Waals surface area contributed by atoms with Crippen molar-refractivity contribution in [2.24, 2.45) is 0 Å². The van der Waals surface area contributed by atoms with Gasteiger partial charge in [-0.05, 0) is 44.5 Å². The summed E-state index contributed by atoms with van der Waals surface area (Å²) in [7, 11) is 0. The van der Waals surface area contributed by atoms with Crippen LogP contribution in [0.25, 0.3) is 0 Å². The van der Waals surface area contributed by atoms with E-state index in [1.807, 2.05) is 26.8 Å². The predicted molar refractivity (Wildman–Crippen MR) is 89.6 cm³/mol. The lowest BCUT2D eigenvalue weighted by Crippen LogP contribution is -2.43. The van der Waals surface area contributed by atoms with E-state index in [2.05, 4.69) is 16.0 Å². The fourth-order valence-corrected chi connectivity index (χ4v) is 2.52. The molecule has 0 radical (unpaired) electrons. The van der Waals surface area contributed by atoms with Crippen LogP contribution in [0.2, 0.25) is 0 Å². The van der Waals surface area contributed by atoms with E-state index >= 15 is 0 Å². The number of ether oxygens (including phenoxy) is 1. The van der Waals surface area contributed by atoms with Crippen molar-refractivity contribution in [1.82, 2.24) is 10.6 Å². The van der Waals surface area contributed by atoms with Gasteiger partial charge in [-0.1, -0.05) is 0 Å². The van der Waals surface area contributed by atoms with Crippen LogP contribution in [0.1, 0.15) is 36.2 Å². The van der Waals surface area contributed by atoms with Gasteiger partial charge < -0.3 is 20.7 Å². The Morgan fingerprint density at radius 1 is 1.39 bits per heavy atom. The van der Waals surface area contributed by atoms with Gasteiger partial charge >= 0.3 is 0 Å². The van der Waals surface area contributed by atoms with E-state index in [1.165, 1.54) is 0 Å². The lowest BCUT2D eigenvalue weighted by atomic mass is 10.1. The summed E-state index contributed by atoms with van der Waals surface area (Å²) >= 11 is 0. The smallest absolute Gasteiger partial charge is 0.251 e. The van der Waals surface area contributed by atoms with Gasteiger partial charge in [0.05, 0.1) is 13.2 Å². The van der Waals surface area contributed by atoms with Crippen LogP contribution < -0.4 is 16.0 Å². The Kier molecular flexibility index (Phi) is 6.12. The van der Waals surface area contributed by atoms with Crippen molar-refractivity contribution in [2.45, 2.75) is 39.3 Å². The zero-order valence-electron chi connectivity index (χ0n) is 13.9. The van der Waals surface area contributed by atoms with Crippen LogP contribution >= 0.6 is 0 Å². The summed E-state index contributed by atoms with van der Waals surface area (Å²) in [5.74, 6) is -0.161. The highest BCUT2D eigenvalue weighted by atomic mass is 16.5. The van der Waals surface area contributed by atoms with Gasteiger partial charge in [-0.25, -0.2) is 0 Å². The number of anilines is 1. The third-order valence-electron chi connectivity index (χ3n) is 3.60. The largest absolute Gasteiger partial charge is 0.378 e. The molecule has 0 aromatic heterocycles. The highest BCUT2D eigenvalue weighted by molar-refractivity contribution is 5.97. The molecule has 1 aliphatic rings. The van der Waals surface area contributed by atoms with E-state index in [9.17, 15) is 9.59 Å². The van der Waals surface area contributed by atoms with Crippen LogP contribution in [0.3, 0.4) is 0 Å². The maximum absolute atomic E-state index is 12.1. The highest BCUT2D eigenvalue weighted by Crippen LogP contribution is 2.16. The summed E-state index contributed by atoms with van der Waals surface area (Å²) in [6.45, 7) is 7.73. The second-order valence-corrected chi connectivity index (χ2v) is 6.14. The number of hydrogen-bond donors (Lipinski definition) is 3. The number of carbonyl (C=O) groups excluding carboxylic acids is 2. The average Bonchev–Trinajstić information content (AvgIpc) is 2.47. The molecule has 126 valence electrons. The normalized spacial score (nSPS) is 17.8. The van der Waals surface area contributed by atoms with Gasteiger partial charge in [-0.3, -0.25) is 9.59 Å². The molecule has 23 heavy (non-hydrogen) atoms. The summed E-state index contributed by atoms with van der Waals surface area (Å²) in [5.41, 5.74) is 2.16. The number of hydrogen-bond acceptors (Lipinski definition) is 4. The Bertz CT molecular complexity index is 566. The zero-order valence-corrected chi connectivity index (χ0v) is 13.9. The first-order valence-electron chi connectivity index (χ1n) is 7.98. The molecule has 1 atom stereocenters. The predicted octanol–water partition coefficient (Wildman–Crippen LogP) is 1.45. The molecule has 0 aliphatic carbocycles. The molecule has 1 saturated heterocycles. The monoisotopic (exact) mass is 319 g/mol. The van der Waals surface area contributed by atoms with Gasteiger partial charge in [0.25, 0.3) is 5.91 Å². The number of carbonyl (C=O) groups is 2. The molecule has 1 aliphatic heterocycles. The maximum Gasteiger partial charge on any atom is 0.251 e. The second-order valence-electron chi connectivity index (χ2n) is 6.14. The highest BCUT2D eigenvalue weighted by Gasteiger charge is 2.17. The van der Waals surface area contributed by atoms with E-state index in [0.717, 1.165) is 12.1 Å². The Morgan fingerprint density at radius 3 is 2.78 bits per heavy atom. The standard InChI is InChI=1S/C17H25N3O3/c1-11(2)19-17(22)15-5-4-13(8-12(15)3)20-16(21)9-14-10-23-7-6-18-14/h4-5,8,11,14,18H,6-7,9-10H2,1-3H3,(H,19,22)(H,20,21). The van der Waals surface area contributed by atoms with Crippen LogP contribution in [0.15, 0.2) is 18.2 Å². The van der Waals surface area contributed by atoms with Crippen LogP contribution in [0.4, 0.5) is 5.69 Å². The van der Waals surface area contributed by atoms with Crippen molar-refractivity contribution in [3.05, 3.63) is 29.3 Å². The van der Waals surface area contributed by atoms with Gasteiger partial charge in [-0.15, -0.1) is 0 Å². The third-order valence-corrected chi connectivity index (χ3v) is 3.60. The minimum Gasteiger partial charge on any atom is -0.378 e. The molecule has 2 amide bonds. The first-order valence-corrected chi connectivity index (χ1v) is 7.98. The molecular weight excluding hydrogens is 294 g/mol. The number of rotatable bonds is 5. The van der Waals surface area contributed by atoms with E-state index in [4.69, 9.17) is 4.74 Å². The van der Waals surface area contributed by atoms with Gasteiger partial charge in [0, 0.05) is 36.3 Å². The molecule has 0 spiro atoms. The number of amides is 2. The molecule has 0 bridgehead atoms. The Hall–Kier alpha value is -1.92. The molecule has 1 fully saturated rings. The summed E-state index contributed by atoms with van der Waals surface area (Å²) in [5, 5.41) is 8.99. The lowest BCUT2D eigenvalue weighted by Gasteiger charge is -2.23. The Balaban J connectivity index is 1.94. The number of aryl methyl sites for hydroxylation is 1.